The Kier molecular flexibility index (Phi) is 6.75. The zero-order valence-electron chi connectivity index (χ0n) is 19.8. The van der Waals surface area contributed by atoms with Gasteiger partial charge in [0.05, 0.1) is 6.17 Å². The first-order valence-electron chi connectivity index (χ1n) is 12.2. The Hall–Kier alpha value is -3.69. The van der Waals surface area contributed by atoms with E-state index in [2.05, 4.69) is 33.8 Å². The van der Waals surface area contributed by atoms with E-state index in [1.165, 1.54) is 12.1 Å². The number of ether oxygens (including phenoxy) is 1. The number of rotatable bonds is 6. The Bertz CT molecular complexity index is 1180. The van der Waals surface area contributed by atoms with Crippen LogP contribution in [0.15, 0.2) is 67.4 Å². The van der Waals surface area contributed by atoms with E-state index in [-0.39, 0.29) is 35.6 Å². The van der Waals surface area contributed by atoms with Gasteiger partial charge in [0.25, 0.3) is 5.91 Å². The highest BCUT2D eigenvalue weighted by molar-refractivity contribution is 5.89. The zero-order chi connectivity index (χ0) is 25.2. The number of nitrogens with one attached hydrogen (secondary N) is 3. The van der Waals surface area contributed by atoms with Gasteiger partial charge in [-0.15, -0.1) is 0 Å². The van der Waals surface area contributed by atoms with Gasteiger partial charge in [-0.1, -0.05) is 30.8 Å². The predicted octanol–water partition coefficient (Wildman–Crippen LogP) is 2.79. The molecule has 5 N–H and O–H groups in total. The largest absolute Gasteiger partial charge is 0.454 e. The molecule has 0 aromatic heterocycles. The fourth-order valence-electron chi connectivity index (χ4n) is 5.44. The third kappa shape index (κ3) is 4.72. The van der Waals surface area contributed by atoms with Gasteiger partial charge in [-0.2, -0.15) is 0 Å². The van der Waals surface area contributed by atoms with Crippen molar-refractivity contribution in [2.24, 2.45) is 11.7 Å². The second-order valence-electron chi connectivity index (χ2n) is 9.44. The van der Waals surface area contributed by atoms with Crippen LogP contribution in [0.25, 0.3) is 5.57 Å². The summed E-state index contributed by atoms with van der Waals surface area (Å²) < 4.78 is 19.7. The van der Waals surface area contributed by atoms with E-state index in [0.717, 1.165) is 36.8 Å². The number of hydrogen-bond acceptors (Lipinski definition) is 6. The van der Waals surface area contributed by atoms with Crippen LogP contribution in [-0.4, -0.2) is 41.0 Å². The molecule has 3 unspecified atom stereocenters. The molecule has 5 rings (SSSR count). The maximum absolute atomic E-state index is 14.0. The summed E-state index contributed by atoms with van der Waals surface area (Å²) in [4.78, 5) is 26.8. The Balaban J connectivity index is 1.36. The minimum absolute atomic E-state index is 0.111. The Morgan fingerprint density at radius 2 is 1.86 bits per heavy atom. The highest BCUT2D eigenvalue weighted by atomic mass is 19.1. The first-order chi connectivity index (χ1) is 17.4. The SMILES string of the molecule is C=CC(=O)NC1CCC(N2C=C(c3ccc(Oc4ccccc4F)cc3)C3C(N)NNC(=O)C32)CC1. The molecule has 1 saturated heterocycles. The van der Waals surface area contributed by atoms with E-state index < -0.39 is 18.0 Å². The summed E-state index contributed by atoms with van der Waals surface area (Å²) in [6.45, 7) is 3.52. The number of fused-ring (bicyclic) bond motifs is 1. The maximum Gasteiger partial charge on any atom is 0.257 e. The topological polar surface area (TPSA) is 109 Å². The van der Waals surface area contributed by atoms with Crippen LogP contribution >= 0.6 is 0 Å². The summed E-state index contributed by atoms with van der Waals surface area (Å²) in [6.07, 6.45) is 6.24. The van der Waals surface area contributed by atoms with Crippen molar-refractivity contribution in [2.75, 3.05) is 0 Å². The molecule has 2 fully saturated rings. The van der Waals surface area contributed by atoms with Gasteiger partial charge in [0.2, 0.25) is 5.91 Å². The van der Waals surface area contributed by atoms with Crippen molar-refractivity contribution in [2.45, 2.75) is 50.0 Å². The lowest BCUT2D eigenvalue weighted by atomic mass is 9.85. The maximum atomic E-state index is 14.0. The molecule has 3 aliphatic rings. The van der Waals surface area contributed by atoms with E-state index in [1.807, 2.05) is 12.1 Å². The van der Waals surface area contributed by atoms with Crippen LogP contribution in [0.5, 0.6) is 11.5 Å². The number of nitrogens with two attached hydrogens (primary N) is 1. The quantitative estimate of drug-likeness (QED) is 0.463. The molecule has 1 saturated carbocycles. The summed E-state index contributed by atoms with van der Waals surface area (Å²) in [5.74, 6) is -0.272. The molecule has 8 nitrogen and oxygen atoms in total. The van der Waals surface area contributed by atoms with Crippen LogP contribution in [-0.2, 0) is 9.59 Å². The molecule has 1 aliphatic carbocycles. The van der Waals surface area contributed by atoms with Crippen molar-refractivity contribution in [3.8, 4) is 11.5 Å². The van der Waals surface area contributed by atoms with Gasteiger partial charge >= 0.3 is 0 Å². The lowest BCUT2D eigenvalue weighted by molar-refractivity contribution is -0.131. The molecule has 9 heteroatoms. The van der Waals surface area contributed by atoms with Crippen molar-refractivity contribution < 1.29 is 18.7 Å². The number of carbonyl (C=O) groups is 2. The lowest BCUT2D eigenvalue weighted by Crippen LogP contribution is -2.67. The van der Waals surface area contributed by atoms with Crippen LogP contribution in [0.3, 0.4) is 0 Å². The van der Waals surface area contributed by atoms with Crippen molar-refractivity contribution in [1.29, 1.82) is 0 Å². The number of nitrogens with zero attached hydrogens (tertiary/aromatic N) is 1. The van der Waals surface area contributed by atoms with Gasteiger partial charge in [0, 0.05) is 24.2 Å². The molecule has 36 heavy (non-hydrogen) atoms. The van der Waals surface area contributed by atoms with Crippen LogP contribution in [0.4, 0.5) is 4.39 Å². The third-order valence-corrected chi connectivity index (χ3v) is 7.23. The summed E-state index contributed by atoms with van der Waals surface area (Å²) in [5, 5.41) is 2.98. The first-order valence-corrected chi connectivity index (χ1v) is 12.2. The highest BCUT2D eigenvalue weighted by Gasteiger charge is 2.48. The smallest absolute Gasteiger partial charge is 0.257 e. The van der Waals surface area contributed by atoms with Crippen LogP contribution in [0, 0.1) is 11.7 Å². The lowest BCUT2D eigenvalue weighted by Gasteiger charge is -2.42. The number of amides is 2. The number of benzene rings is 2. The minimum atomic E-state index is -0.457. The van der Waals surface area contributed by atoms with Gasteiger partial charge in [-0.3, -0.25) is 15.0 Å². The van der Waals surface area contributed by atoms with Crippen LogP contribution < -0.4 is 26.6 Å². The number of carbonyl (C=O) groups excluding carboxylic acids is 2. The fourth-order valence-corrected chi connectivity index (χ4v) is 5.44. The average Bonchev–Trinajstić information content (AvgIpc) is 3.30. The molecule has 0 bridgehead atoms. The first kappa shape index (κ1) is 24.0. The predicted molar refractivity (Wildman–Crippen MR) is 134 cm³/mol. The minimum Gasteiger partial charge on any atom is -0.454 e. The van der Waals surface area contributed by atoms with Gasteiger partial charge < -0.3 is 20.7 Å². The molecule has 0 radical (unpaired) electrons. The molecule has 2 amide bonds. The number of para-hydroxylation sites is 1. The second kappa shape index (κ2) is 10.1. The van der Waals surface area contributed by atoms with Gasteiger partial charge in [-0.05, 0) is 67.2 Å². The number of hydrazine groups is 1. The Morgan fingerprint density at radius 1 is 1.14 bits per heavy atom. The number of halogens is 1. The van der Waals surface area contributed by atoms with Crippen molar-refractivity contribution in [3.63, 3.8) is 0 Å². The van der Waals surface area contributed by atoms with E-state index in [4.69, 9.17) is 10.5 Å². The van der Waals surface area contributed by atoms with E-state index >= 15 is 0 Å². The summed E-state index contributed by atoms with van der Waals surface area (Å²) >= 11 is 0. The summed E-state index contributed by atoms with van der Waals surface area (Å²) in [7, 11) is 0. The molecular formula is C27H30FN5O3. The Labute approximate surface area is 209 Å². The molecule has 3 atom stereocenters. The molecule has 0 spiro atoms. The van der Waals surface area contributed by atoms with Crippen molar-refractivity contribution in [3.05, 3.63) is 78.8 Å². The van der Waals surface area contributed by atoms with Crippen molar-refractivity contribution >= 4 is 17.4 Å². The van der Waals surface area contributed by atoms with Gasteiger partial charge in [0.1, 0.15) is 11.8 Å². The van der Waals surface area contributed by atoms with Crippen LogP contribution in [0.1, 0.15) is 31.2 Å². The second-order valence-corrected chi connectivity index (χ2v) is 9.44. The van der Waals surface area contributed by atoms with E-state index in [1.54, 1.807) is 30.3 Å². The third-order valence-electron chi connectivity index (χ3n) is 7.23. The van der Waals surface area contributed by atoms with Crippen LogP contribution in [0.2, 0.25) is 0 Å². The summed E-state index contributed by atoms with van der Waals surface area (Å²) in [6, 6.07) is 13.5. The van der Waals surface area contributed by atoms with Crippen molar-refractivity contribution in [1.82, 2.24) is 21.1 Å². The molecule has 2 aromatic rings. The molecule has 2 heterocycles. The fraction of sp³-hybridized carbons (Fsp3) is 0.333. The standard InChI is InChI=1S/C27H30FN5O3/c1-2-23(34)30-17-9-11-18(12-10-17)33-15-20(24-25(33)27(35)32-31-26(24)29)16-7-13-19(14-8-16)36-22-6-4-3-5-21(22)28/h2-8,13-15,17-18,24-26,31H,1,9-12,29H2,(H,30,34)(H,32,35). The van der Waals surface area contributed by atoms with E-state index in [0.29, 0.717) is 5.75 Å². The normalized spacial score (nSPS) is 27.5. The van der Waals surface area contributed by atoms with Gasteiger partial charge in [-0.25, -0.2) is 9.82 Å². The zero-order valence-corrected chi connectivity index (χ0v) is 19.8. The average molecular weight is 492 g/mol. The molecule has 2 aliphatic heterocycles. The summed E-state index contributed by atoms with van der Waals surface area (Å²) in [5.41, 5.74) is 13.9. The monoisotopic (exact) mass is 491 g/mol. The van der Waals surface area contributed by atoms with Gasteiger partial charge in [0.15, 0.2) is 11.6 Å². The number of hydrogen-bond donors (Lipinski definition) is 4. The highest BCUT2D eigenvalue weighted by Crippen LogP contribution is 2.42. The molecule has 2 aromatic carbocycles. The van der Waals surface area contributed by atoms with E-state index in [9.17, 15) is 14.0 Å². The Morgan fingerprint density at radius 3 is 2.56 bits per heavy atom. The molecular weight excluding hydrogens is 461 g/mol. The molecule has 188 valence electrons.